The van der Waals surface area contributed by atoms with E-state index in [9.17, 15) is 4.79 Å². The van der Waals surface area contributed by atoms with Crippen LogP contribution in [0.5, 0.6) is 0 Å². The number of imidazole rings is 1. The summed E-state index contributed by atoms with van der Waals surface area (Å²) >= 11 is 0. The molecule has 2 aromatic rings. The Balaban J connectivity index is 2.12. The monoisotopic (exact) mass is 247 g/mol. The lowest BCUT2D eigenvalue weighted by Gasteiger charge is -2.16. The maximum absolute atomic E-state index is 10.7. The molecule has 0 saturated carbocycles. The molecule has 0 aliphatic heterocycles. The van der Waals surface area contributed by atoms with Crippen LogP contribution in [0, 0.1) is 0 Å². The topological polar surface area (TPSA) is 84.1 Å². The molecule has 2 heterocycles. The summed E-state index contributed by atoms with van der Waals surface area (Å²) in [7, 11) is 3.76. The molecule has 1 N–H and O–H groups in total. The Morgan fingerprint density at radius 2 is 2.22 bits per heavy atom. The molecule has 0 bridgehead atoms. The van der Waals surface area contributed by atoms with E-state index in [4.69, 9.17) is 5.11 Å². The van der Waals surface area contributed by atoms with Crippen molar-refractivity contribution >= 4 is 11.8 Å². The van der Waals surface area contributed by atoms with Crippen LogP contribution in [-0.4, -0.2) is 37.9 Å². The molecule has 7 nitrogen and oxygen atoms in total. The highest BCUT2D eigenvalue weighted by atomic mass is 16.4. The van der Waals surface area contributed by atoms with E-state index in [0.717, 1.165) is 5.82 Å². The van der Waals surface area contributed by atoms with E-state index in [1.807, 2.05) is 29.8 Å². The van der Waals surface area contributed by atoms with Gasteiger partial charge >= 0.3 is 5.97 Å². The molecule has 0 unspecified atom stereocenters. The first-order chi connectivity index (χ1) is 8.58. The van der Waals surface area contributed by atoms with Crippen molar-refractivity contribution in [2.75, 3.05) is 11.9 Å². The summed E-state index contributed by atoms with van der Waals surface area (Å²) in [5.41, 5.74) is -0.0656. The third kappa shape index (κ3) is 2.45. The van der Waals surface area contributed by atoms with Gasteiger partial charge in [0.25, 0.3) is 0 Å². The Kier molecular flexibility index (Phi) is 3.22. The van der Waals surface area contributed by atoms with Crippen molar-refractivity contribution in [2.45, 2.75) is 6.54 Å². The predicted octanol–water partition coefficient (Wildman–Crippen LogP) is 0.545. The van der Waals surface area contributed by atoms with Crippen LogP contribution in [0.1, 0.15) is 16.3 Å². The van der Waals surface area contributed by atoms with Crippen LogP contribution in [0.25, 0.3) is 0 Å². The van der Waals surface area contributed by atoms with E-state index in [-0.39, 0.29) is 5.69 Å². The third-order valence-corrected chi connectivity index (χ3v) is 2.56. The van der Waals surface area contributed by atoms with Crippen LogP contribution in [-0.2, 0) is 13.6 Å². The average Bonchev–Trinajstić information content (AvgIpc) is 2.75. The van der Waals surface area contributed by atoms with Crippen molar-refractivity contribution in [1.82, 2.24) is 19.7 Å². The molecule has 94 valence electrons. The minimum absolute atomic E-state index is 0.0656. The maximum Gasteiger partial charge on any atom is 0.356 e. The highest BCUT2D eigenvalue weighted by Gasteiger charge is 2.09. The lowest BCUT2D eigenvalue weighted by molar-refractivity contribution is 0.0689. The number of anilines is 1. The molecule has 0 aliphatic rings. The first-order valence-electron chi connectivity index (χ1n) is 5.32. The van der Waals surface area contributed by atoms with Crippen molar-refractivity contribution in [2.24, 2.45) is 7.05 Å². The molecule has 0 fully saturated rings. The molecule has 0 radical (unpaired) electrons. The van der Waals surface area contributed by atoms with Crippen LogP contribution in [0.4, 0.5) is 5.82 Å². The van der Waals surface area contributed by atoms with E-state index in [1.165, 1.54) is 6.07 Å². The van der Waals surface area contributed by atoms with Crippen molar-refractivity contribution in [3.63, 3.8) is 0 Å². The standard InChI is InChI=1S/C11H13N5O2/c1-15-6-5-12-10(15)7-16(2)9-4-3-8(11(17)18)13-14-9/h3-6H,7H2,1-2H3,(H,17,18). The molecule has 7 heteroatoms. The summed E-state index contributed by atoms with van der Waals surface area (Å²) < 4.78 is 1.91. The minimum atomic E-state index is -1.08. The predicted molar refractivity (Wildman–Crippen MR) is 64.3 cm³/mol. The summed E-state index contributed by atoms with van der Waals surface area (Å²) in [6, 6.07) is 3.05. The second kappa shape index (κ2) is 4.82. The molecule has 0 aliphatic carbocycles. The Morgan fingerprint density at radius 3 is 2.72 bits per heavy atom. The van der Waals surface area contributed by atoms with Gasteiger partial charge in [-0.25, -0.2) is 9.78 Å². The third-order valence-electron chi connectivity index (χ3n) is 2.56. The van der Waals surface area contributed by atoms with Crippen molar-refractivity contribution < 1.29 is 9.90 Å². The molecule has 0 spiro atoms. The second-order valence-electron chi connectivity index (χ2n) is 3.89. The highest BCUT2D eigenvalue weighted by molar-refractivity contribution is 5.85. The first kappa shape index (κ1) is 12.0. The maximum atomic E-state index is 10.7. The number of carbonyl (C=O) groups is 1. The summed E-state index contributed by atoms with van der Waals surface area (Å²) in [5.74, 6) is 0.408. The lowest BCUT2D eigenvalue weighted by atomic mass is 10.4. The van der Waals surface area contributed by atoms with Gasteiger partial charge in [0.2, 0.25) is 0 Å². The van der Waals surface area contributed by atoms with Crippen molar-refractivity contribution in [3.8, 4) is 0 Å². The number of nitrogens with zero attached hydrogens (tertiary/aromatic N) is 5. The lowest BCUT2D eigenvalue weighted by Crippen LogP contribution is -2.20. The van der Waals surface area contributed by atoms with Gasteiger partial charge < -0.3 is 14.6 Å². The van der Waals surface area contributed by atoms with Crippen LogP contribution in [0.3, 0.4) is 0 Å². The number of hydrogen-bond donors (Lipinski definition) is 1. The van der Waals surface area contributed by atoms with E-state index < -0.39 is 5.97 Å². The van der Waals surface area contributed by atoms with Crippen molar-refractivity contribution in [3.05, 3.63) is 36.0 Å². The van der Waals surface area contributed by atoms with Gasteiger partial charge in [-0.05, 0) is 12.1 Å². The van der Waals surface area contributed by atoms with Gasteiger partial charge in [-0.3, -0.25) is 0 Å². The fourth-order valence-electron chi connectivity index (χ4n) is 1.48. The quantitative estimate of drug-likeness (QED) is 0.849. The fourth-order valence-corrected chi connectivity index (χ4v) is 1.48. The number of aromatic carboxylic acids is 1. The van der Waals surface area contributed by atoms with Gasteiger partial charge in [-0.2, -0.15) is 0 Å². The molecule has 2 rings (SSSR count). The number of aryl methyl sites for hydroxylation is 1. The smallest absolute Gasteiger partial charge is 0.356 e. The second-order valence-corrected chi connectivity index (χ2v) is 3.89. The normalized spacial score (nSPS) is 10.3. The van der Waals surface area contributed by atoms with E-state index in [0.29, 0.717) is 12.4 Å². The number of carboxylic acids is 1. The number of carboxylic acid groups (broad SMARTS) is 1. The SMILES string of the molecule is CN(Cc1nccn1C)c1ccc(C(=O)O)nn1. The van der Waals surface area contributed by atoms with Gasteiger partial charge in [0.05, 0.1) is 6.54 Å². The Bertz CT molecular complexity index is 549. The Hall–Kier alpha value is -2.44. The van der Waals surface area contributed by atoms with E-state index in [2.05, 4.69) is 15.2 Å². The number of rotatable bonds is 4. The fraction of sp³-hybridized carbons (Fsp3) is 0.273. The van der Waals surface area contributed by atoms with Crippen LogP contribution in [0.2, 0.25) is 0 Å². The average molecular weight is 247 g/mol. The van der Waals surface area contributed by atoms with Gasteiger partial charge in [-0.1, -0.05) is 0 Å². The van der Waals surface area contributed by atoms with Gasteiger partial charge in [-0.15, -0.1) is 10.2 Å². The van der Waals surface area contributed by atoms with Gasteiger partial charge in [0.1, 0.15) is 5.82 Å². The van der Waals surface area contributed by atoms with E-state index in [1.54, 1.807) is 12.3 Å². The molecule has 0 amide bonds. The van der Waals surface area contributed by atoms with Crippen LogP contribution in [0.15, 0.2) is 24.5 Å². The van der Waals surface area contributed by atoms with Crippen molar-refractivity contribution in [1.29, 1.82) is 0 Å². The molecule has 0 saturated heterocycles. The molecule has 0 aromatic carbocycles. The van der Waals surface area contributed by atoms with Gasteiger partial charge in [0, 0.05) is 26.5 Å². The van der Waals surface area contributed by atoms with Gasteiger partial charge in [0.15, 0.2) is 11.5 Å². The summed E-state index contributed by atoms with van der Waals surface area (Å²) in [6.45, 7) is 0.574. The summed E-state index contributed by atoms with van der Waals surface area (Å²) in [5, 5.41) is 16.2. The molecule has 2 aromatic heterocycles. The Labute approximate surface area is 104 Å². The molecule has 18 heavy (non-hydrogen) atoms. The van der Waals surface area contributed by atoms with Crippen LogP contribution < -0.4 is 4.90 Å². The molecule has 0 atom stereocenters. The van der Waals surface area contributed by atoms with E-state index >= 15 is 0 Å². The highest BCUT2D eigenvalue weighted by Crippen LogP contribution is 2.10. The zero-order valence-corrected chi connectivity index (χ0v) is 10.1. The zero-order valence-electron chi connectivity index (χ0n) is 10.1. The minimum Gasteiger partial charge on any atom is -0.476 e. The summed E-state index contributed by atoms with van der Waals surface area (Å²) in [6.07, 6.45) is 3.59. The molecular formula is C11H13N5O2. The Morgan fingerprint density at radius 1 is 1.44 bits per heavy atom. The zero-order chi connectivity index (χ0) is 13.1. The first-order valence-corrected chi connectivity index (χ1v) is 5.32. The number of aromatic nitrogens is 4. The largest absolute Gasteiger partial charge is 0.476 e. The summed E-state index contributed by atoms with van der Waals surface area (Å²) in [4.78, 5) is 16.7. The molecular weight excluding hydrogens is 234 g/mol. The number of hydrogen-bond acceptors (Lipinski definition) is 5. The van der Waals surface area contributed by atoms with Crippen LogP contribution >= 0.6 is 0 Å².